The number of hydrogen-bond donors (Lipinski definition) is 0. The summed E-state index contributed by atoms with van der Waals surface area (Å²) in [7, 11) is 0. The molecule has 102 valence electrons. The van der Waals surface area contributed by atoms with E-state index in [1.165, 1.54) is 0 Å². The molecule has 0 unspecified atom stereocenters. The maximum atomic E-state index is 13.6. The molecular weight excluding hydrogens is 282 g/mol. The highest BCUT2D eigenvalue weighted by atomic mass is 19.2. The molecule has 6 heteroatoms. The lowest BCUT2D eigenvalue weighted by molar-refractivity contribution is 0.503. The Morgan fingerprint density at radius 2 is 0.750 bits per heavy atom. The van der Waals surface area contributed by atoms with Gasteiger partial charge in [-0.3, -0.25) is 0 Å². The number of halogens is 6. The molecule has 0 heterocycles. The van der Waals surface area contributed by atoms with Crippen LogP contribution in [0.3, 0.4) is 0 Å². The lowest BCUT2D eigenvalue weighted by Crippen LogP contribution is -1.95. The fraction of sp³-hybridized carbons (Fsp3) is 0. The van der Waals surface area contributed by atoms with Gasteiger partial charge in [0.25, 0.3) is 0 Å². The predicted molar refractivity (Wildman–Crippen MR) is 61.2 cm³/mol. The molecule has 0 saturated carbocycles. The molecule has 20 heavy (non-hydrogen) atoms. The van der Waals surface area contributed by atoms with Gasteiger partial charge in [-0.05, 0) is 12.1 Å². The molecule has 0 nitrogen and oxygen atoms in total. The maximum absolute atomic E-state index is 13.6. The standard InChI is InChI=1S/C14H4F6/c15-9-3-11(17)13(19)7-2-8-6(1-5(7)9)10(16)4-12(18)14(8)20/h1-4H. The summed E-state index contributed by atoms with van der Waals surface area (Å²) in [6.45, 7) is 0. The van der Waals surface area contributed by atoms with Crippen LogP contribution < -0.4 is 0 Å². The van der Waals surface area contributed by atoms with Crippen molar-refractivity contribution >= 4 is 21.5 Å². The largest absolute Gasteiger partial charge is 0.206 e. The zero-order valence-corrected chi connectivity index (χ0v) is 9.58. The zero-order valence-electron chi connectivity index (χ0n) is 9.58. The van der Waals surface area contributed by atoms with Crippen molar-refractivity contribution in [2.24, 2.45) is 0 Å². The van der Waals surface area contributed by atoms with Gasteiger partial charge in [0, 0.05) is 33.7 Å². The summed E-state index contributed by atoms with van der Waals surface area (Å²) in [6.07, 6.45) is 0. The molecule has 0 amide bonds. The van der Waals surface area contributed by atoms with Crippen LogP contribution in [0, 0.1) is 34.9 Å². The summed E-state index contributed by atoms with van der Waals surface area (Å²) >= 11 is 0. The second-order valence-electron chi connectivity index (χ2n) is 4.25. The highest BCUT2D eigenvalue weighted by Crippen LogP contribution is 2.31. The summed E-state index contributed by atoms with van der Waals surface area (Å²) in [6, 6.07) is 2.12. The molecule has 0 aliphatic rings. The Kier molecular flexibility index (Phi) is 2.64. The average Bonchev–Trinajstić information content (AvgIpc) is 2.41. The van der Waals surface area contributed by atoms with Crippen LogP contribution in [0.5, 0.6) is 0 Å². The molecule has 0 aliphatic carbocycles. The second kappa shape index (κ2) is 4.13. The normalized spacial score (nSPS) is 11.5. The van der Waals surface area contributed by atoms with Crippen molar-refractivity contribution in [1.82, 2.24) is 0 Å². The third-order valence-electron chi connectivity index (χ3n) is 3.07. The van der Waals surface area contributed by atoms with Crippen LogP contribution in [0.25, 0.3) is 21.5 Å². The number of hydrogen-bond acceptors (Lipinski definition) is 0. The predicted octanol–water partition coefficient (Wildman–Crippen LogP) is 4.83. The fourth-order valence-corrected chi connectivity index (χ4v) is 2.12. The van der Waals surface area contributed by atoms with E-state index >= 15 is 0 Å². The zero-order chi connectivity index (χ0) is 14.6. The summed E-state index contributed by atoms with van der Waals surface area (Å²) in [5.41, 5.74) is 0. The van der Waals surface area contributed by atoms with Gasteiger partial charge in [0.1, 0.15) is 11.6 Å². The Hall–Kier alpha value is -2.24. The number of rotatable bonds is 0. The molecule has 0 aliphatic heterocycles. The molecule has 3 rings (SSSR count). The van der Waals surface area contributed by atoms with E-state index in [0.29, 0.717) is 18.2 Å². The first-order valence-electron chi connectivity index (χ1n) is 5.44. The lowest BCUT2D eigenvalue weighted by Gasteiger charge is -2.07. The third-order valence-corrected chi connectivity index (χ3v) is 3.07. The molecule has 3 aromatic rings. The van der Waals surface area contributed by atoms with Crippen molar-refractivity contribution in [2.45, 2.75) is 0 Å². The van der Waals surface area contributed by atoms with Crippen molar-refractivity contribution in [3.05, 3.63) is 59.2 Å². The van der Waals surface area contributed by atoms with Gasteiger partial charge in [0.15, 0.2) is 23.3 Å². The minimum absolute atomic E-state index is 0.307. The van der Waals surface area contributed by atoms with Gasteiger partial charge in [-0.25, -0.2) is 26.3 Å². The summed E-state index contributed by atoms with van der Waals surface area (Å²) in [5, 5.41) is -2.00. The summed E-state index contributed by atoms with van der Waals surface area (Å²) in [4.78, 5) is 0. The molecule has 0 aromatic heterocycles. The quantitative estimate of drug-likeness (QED) is 0.315. The van der Waals surface area contributed by atoms with E-state index in [4.69, 9.17) is 0 Å². The van der Waals surface area contributed by atoms with Gasteiger partial charge in [0.05, 0.1) is 0 Å². The van der Waals surface area contributed by atoms with Crippen LogP contribution in [0.2, 0.25) is 0 Å². The van der Waals surface area contributed by atoms with E-state index in [9.17, 15) is 26.3 Å². The average molecular weight is 286 g/mol. The van der Waals surface area contributed by atoms with Crippen molar-refractivity contribution in [1.29, 1.82) is 0 Å². The summed E-state index contributed by atoms with van der Waals surface area (Å²) in [5.74, 6) is -7.99. The molecule has 3 aromatic carbocycles. The molecular formula is C14H4F6. The van der Waals surface area contributed by atoms with Crippen LogP contribution in [0.4, 0.5) is 26.3 Å². The number of benzene rings is 3. The first-order valence-corrected chi connectivity index (χ1v) is 5.44. The van der Waals surface area contributed by atoms with Gasteiger partial charge in [-0.15, -0.1) is 0 Å². The van der Waals surface area contributed by atoms with Crippen LogP contribution in [-0.4, -0.2) is 0 Å². The van der Waals surface area contributed by atoms with Gasteiger partial charge in [-0.1, -0.05) is 0 Å². The Balaban J connectivity index is 2.60. The van der Waals surface area contributed by atoms with Gasteiger partial charge in [-0.2, -0.15) is 0 Å². The van der Waals surface area contributed by atoms with Crippen LogP contribution in [0.1, 0.15) is 0 Å². The Labute approximate surface area is 108 Å². The van der Waals surface area contributed by atoms with E-state index in [1.807, 2.05) is 0 Å². The fourth-order valence-electron chi connectivity index (χ4n) is 2.12. The van der Waals surface area contributed by atoms with Gasteiger partial charge in [0.2, 0.25) is 0 Å². The smallest absolute Gasteiger partial charge is 0.166 e. The topological polar surface area (TPSA) is 0 Å². The molecule has 0 saturated heterocycles. The van der Waals surface area contributed by atoms with Crippen LogP contribution in [-0.2, 0) is 0 Å². The SMILES string of the molecule is Fc1cc(F)c2cc3c(F)cc(F)c(F)c3cc2c1F. The van der Waals surface area contributed by atoms with Crippen LogP contribution in [0.15, 0.2) is 24.3 Å². The van der Waals surface area contributed by atoms with Gasteiger partial charge >= 0.3 is 0 Å². The molecule has 0 atom stereocenters. The minimum atomic E-state index is -1.47. The molecule has 0 bridgehead atoms. The van der Waals surface area contributed by atoms with Crippen molar-refractivity contribution in [2.75, 3.05) is 0 Å². The molecule has 0 radical (unpaired) electrons. The highest BCUT2D eigenvalue weighted by Gasteiger charge is 2.18. The molecule has 0 fully saturated rings. The lowest BCUT2D eigenvalue weighted by atomic mass is 10.0. The van der Waals surface area contributed by atoms with E-state index in [1.54, 1.807) is 0 Å². The van der Waals surface area contributed by atoms with E-state index in [-0.39, 0.29) is 0 Å². The first kappa shape index (κ1) is 12.8. The van der Waals surface area contributed by atoms with E-state index in [2.05, 4.69) is 0 Å². The Bertz CT molecular complexity index is 800. The Morgan fingerprint density at radius 1 is 0.400 bits per heavy atom. The number of fused-ring (bicyclic) bond motifs is 2. The maximum Gasteiger partial charge on any atom is 0.166 e. The van der Waals surface area contributed by atoms with E-state index < -0.39 is 56.4 Å². The molecule has 0 spiro atoms. The Morgan fingerprint density at radius 3 is 1.15 bits per heavy atom. The first-order chi connectivity index (χ1) is 9.40. The molecule has 0 N–H and O–H groups in total. The highest BCUT2D eigenvalue weighted by molar-refractivity contribution is 5.99. The van der Waals surface area contributed by atoms with Crippen molar-refractivity contribution in [3.63, 3.8) is 0 Å². The summed E-state index contributed by atoms with van der Waals surface area (Å²) < 4.78 is 80.5. The van der Waals surface area contributed by atoms with E-state index in [0.717, 1.165) is 6.07 Å². The van der Waals surface area contributed by atoms with Crippen molar-refractivity contribution in [3.8, 4) is 0 Å². The second-order valence-corrected chi connectivity index (χ2v) is 4.25. The monoisotopic (exact) mass is 286 g/mol. The van der Waals surface area contributed by atoms with Crippen LogP contribution >= 0.6 is 0 Å². The van der Waals surface area contributed by atoms with Gasteiger partial charge < -0.3 is 0 Å². The van der Waals surface area contributed by atoms with Crippen molar-refractivity contribution < 1.29 is 26.3 Å². The third kappa shape index (κ3) is 1.64. The minimum Gasteiger partial charge on any atom is -0.206 e.